The molecule has 17 heavy (non-hydrogen) atoms. The lowest BCUT2D eigenvalue weighted by molar-refractivity contribution is -0.611. The Morgan fingerprint density at radius 3 is 2.59 bits per heavy atom. The van der Waals surface area contributed by atoms with Crippen molar-refractivity contribution in [2.75, 3.05) is 0 Å². The van der Waals surface area contributed by atoms with Crippen molar-refractivity contribution in [3.8, 4) is 0 Å². The van der Waals surface area contributed by atoms with E-state index in [1.807, 2.05) is 0 Å². The molecule has 1 heterocycles. The monoisotopic (exact) mass is 222 g/mol. The van der Waals surface area contributed by atoms with Crippen molar-refractivity contribution in [2.45, 2.75) is 24.8 Å². The molecular formula is C16H16N+. The van der Waals surface area contributed by atoms with Crippen molar-refractivity contribution in [3.05, 3.63) is 65.2 Å². The second-order valence-electron chi connectivity index (χ2n) is 5.17. The summed E-state index contributed by atoms with van der Waals surface area (Å²) in [4.78, 5) is 0. The Kier molecular flexibility index (Phi) is 1.91. The quantitative estimate of drug-likeness (QED) is 0.660. The summed E-state index contributed by atoms with van der Waals surface area (Å²) in [6.07, 6.45) is 2.54. The fourth-order valence-electron chi connectivity index (χ4n) is 3.54. The predicted molar refractivity (Wildman–Crippen MR) is 68.3 cm³/mol. The van der Waals surface area contributed by atoms with E-state index >= 15 is 0 Å². The predicted octanol–water partition coefficient (Wildman–Crippen LogP) is 2.67. The van der Waals surface area contributed by atoms with Gasteiger partial charge in [0.05, 0.1) is 0 Å². The number of benzene rings is 2. The number of aryl methyl sites for hydroxylation is 1. The molecule has 2 aliphatic rings. The highest BCUT2D eigenvalue weighted by Gasteiger charge is 2.40. The summed E-state index contributed by atoms with van der Waals surface area (Å²) in [5.74, 6) is 0.723. The van der Waals surface area contributed by atoms with Crippen LogP contribution in [0.2, 0.25) is 0 Å². The molecule has 2 aromatic carbocycles. The number of nitrogens with two attached hydrogens (primary N) is 1. The SMILES string of the molecule is c1ccc2c(c1)CC[C@@H]1c3ccccc3[NH2+][C@H]21. The highest BCUT2D eigenvalue weighted by molar-refractivity contribution is 5.48. The van der Waals surface area contributed by atoms with E-state index in [1.54, 1.807) is 16.7 Å². The fraction of sp³-hybridized carbons (Fsp3) is 0.250. The van der Waals surface area contributed by atoms with Crippen molar-refractivity contribution in [1.82, 2.24) is 0 Å². The first-order chi connectivity index (χ1) is 8.43. The highest BCUT2D eigenvalue weighted by Crippen LogP contribution is 2.44. The summed E-state index contributed by atoms with van der Waals surface area (Å²) in [5, 5.41) is 2.47. The average Bonchev–Trinajstić information content (AvgIpc) is 2.78. The van der Waals surface area contributed by atoms with Gasteiger partial charge in [-0.25, -0.2) is 0 Å². The lowest BCUT2D eigenvalue weighted by Gasteiger charge is -2.25. The van der Waals surface area contributed by atoms with Gasteiger partial charge in [0, 0.05) is 17.0 Å². The smallest absolute Gasteiger partial charge is 0.133 e. The first kappa shape index (κ1) is 9.43. The molecule has 0 spiro atoms. The summed E-state index contributed by atoms with van der Waals surface area (Å²) >= 11 is 0. The molecule has 0 bridgehead atoms. The van der Waals surface area contributed by atoms with Crippen molar-refractivity contribution >= 4 is 5.69 Å². The van der Waals surface area contributed by atoms with Crippen molar-refractivity contribution < 1.29 is 5.32 Å². The number of quaternary nitrogens is 1. The topological polar surface area (TPSA) is 16.6 Å². The standard InChI is InChI=1S/C16H15N/c1-2-6-12-11(5-1)9-10-14-13-7-3-4-8-15(13)17-16(12)14/h1-8,14,16-17H,9-10H2/p+1/t14-,16-/m1/s1. The summed E-state index contributed by atoms with van der Waals surface area (Å²) in [6.45, 7) is 0. The van der Waals surface area contributed by atoms with E-state index in [4.69, 9.17) is 0 Å². The lowest BCUT2D eigenvalue weighted by Crippen LogP contribution is -2.77. The lowest BCUT2D eigenvalue weighted by atomic mass is 9.79. The van der Waals surface area contributed by atoms with Crippen LogP contribution in [0.5, 0.6) is 0 Å². The average molecular weight is 222 g/mol. The zero-order chi connectivity index (χ0) is 11.2. The second-order valence-corrected chi connectivity index (χ2v) is 5.17. The molecule has 0 unspecified atom stereocenters. The Hall–Kier alpha value is -1.60. The number of para-hydroxylation sites is 1. The van der Waals surface area contributed by atoms with Crippen molar-refractivity contribution in [1.29, 1.82) is 0 Å². The number of hydrogen-bond acceptors (Lipinski definition) is 0. The van der Waals surface area contributed by atoms with Gasteiger partial charge in [-0.15, -0.1) is 0 Å². The third-order valence-electron chi connectivity index (χ3n) is 4.33. The molecule has 1 aliphatic carbocycles. The summed E-state index contributed by atoms with van der Waals surface area (Å²) < 4.78 is 0. The molecular weight excluding hydrogens is 206 g/mol. The maximum absolute atomic E-state index is 2.47. The molecule has 0 fully saturated rings. The maximum Gasteiger partial charge on any atom is 0.133 e. The molecule has 0 radical (unpaired) electrons. The van der Waals surface area contributed by atoms with Crippen LogP contribution < -0.4 is 5.32 Å². The van der Waals surface area contributed by atoms with E-state index < -0.39 is 0 Å². The Labute approximate surface area is 101 Å². The normalized spacial score (nSPS) is 24.9. The molecule has 2 aromatic rings. The van der Waals surface area contributed by atoms with Crippen LogP contribution in [0.3, 0.4) is 0 Å². The van der Waals surface area contributed by atoms with Crippen LogP contribution in [-0.2, 0) is 6.42 Å². The summed E-state index contributed by atoms with van der Waals surface area (Å²) in [6, 6.07) is 18.5. The molecule has 2 atom stereocenters. The first-order valence-corrected chi connectivity index (χ1v) is 6.45. The molecule has 1 heteroatoms. The van der Waals surface area contributed by atoms with Crippen LogP contribution in [0.15, 0.2) is 48.5 Å². The van der Waals surface area contributed by atoms with Gasteiger partial charge in [0.1, 0.15) is 11.7 Å². The molecule has 0 amide bonds. The summed E-state index contributed by atoms with van der Waals surface area (Å²) in [7, 11) is 0. The van der Waals surface area contributed by atoms with E-state index in [-0.39, 0.29) is 0 Å². The van der Waals surface area contributed by atoms with E-state index in [9.17, 15) is 0 Å². The highest BCUT2D eigenvalue weighted by atomic mass is 15.0. The second kappa shape index (κ2) is 3.44. The van der Waals surface area contributed by atoms with E-state index in [2.05, 4.69) is 53.8 Å². The minimum absolute atomic E-state index is 0.623. The number of rotatable bonds is 0. The van der Waals surface area contributed by atoms with Crippen LogP contribution >= 0.6 is 0 Å². The molecule has 2 N–H and O–H groups in total. The largest absolute Gasteiger partial charge is 0.307 e. The van der Waals surface area contributed by atoms with Crippen LogP contribution in [-0.4, -0.2) is 0 Å². The zero-order valence-electron chi connectivity index (χ0n) is 9.77. The number of hydrogen-bond donors (Lipinski definition) is 1. The van der Waals surface area contributed by atoms with Gasteiger partial charge < -0.3 is 5.32 Å². The number of fused-ring (bicyclic) bond motifs is 5. The van der Waals surface area contributed by atoms with Crippen LogP contribution in [0, 0.1) is 0 Å². The third kappa shape index (κ3) is 1.29. The van der Waals surface area contributed by atoms with Gasteiger partial charge in [-0.1, -0.05) is 42.5 Å². The van der Waals surface area contributed by atoms with Gasteiger partial charge in [-0.2, -0.15) is 0 Å². The van der Waals surface area contributed by atoms with Gasteiger partial charge >= 0.3 is 0 Å². The molecule has 1 aliphatic heterocycles. The van der Waals surface area contributed by atoms with E-state index in [1.165, 1.54) is 18.5 Å². The van der Waals surface area contributed by atoms with Gasteiger partial charge in [0.15, 0.2) is 0 Å². The van der Waals surface area contributed by atoms with Crippen LogP contribution in [0.4, 0.5) is 5.69 Å². The molecule has 0 saturated heterocycles. The van der Waals surface area contributed by atoms with Gasteiger partial charge in [0.2, 0.25) is 0 Å². The Bertz CT molecular complexity index is 573. The third-order valence-corrected chi connectivity index (χ3v) is 4.33. The minimum atomic E-state index is 0.623. The first-order valence-electron chi connectivity index (χ1n) is 6.45. The van der Waals surface area contributed by atoms with Gasteiger partial charge in [0.25, 0.3) is 0 Å². The van der Waals surface area contributed by atoms with Gasteiger partial charge in [-0.05, 0) is 24.5 Å². The summed E-state index contributed by atoms with van der Waals surface area (Å²) in [5.41, 5.74) is 6.13. The van der Waals surface area contributed by atoms with Crippen molar-refractivity contribution in [2.24, 2.45) is 0 Å². The molecule has 4 rings (SSSR count). The van der Waals surface area contributed by atoms with Gasteiger partial charge in [-0.3, -0.25) is 0 Å². The Morgan fingerprint density at radius 1 is 0.882 bits per heavy atom. The fourth-order valence-corrected chi connectivity index (χ4v) is 3.54. The Balaban J connectivity index is 1.85. The molecule has 84 valence electrons. The zero-order valence-corrected chi connectivity index (χ0v) is 9.77. The minimum Gasteiger partial charge on any atom is -0.307 e. The van der Waals surface area contributed by atoms with Crippen LogP contribution in [0.1, 0.15) is 35.1 Å². The maximum atomic E-state index is 2.47. The van der Waals surface area contributed by atoms with E-state index in [0.29, 0.717) is 6.04 Å². The van der Waals surface area contributed by atoms with Crippen molar-refractivity contribution in [3.63, 3.8) is 0 Å². The molecule has 0 saturated carbocycles. The molecule has 0 aromatic heterocycles. The molecule has 1 nitrogen and oxygen atoms in total. The van der Waals surface area contributed by atoms with E-state index in [0.717, 1.165) is 5.92 Å². The Morgan fingerprint density at radius 2 is 1.65 bits per heavy atom. The van der Waals surface area contributed by atoms with Crippen LogP contribution in [0.25, 0.3) is 0 Å².